The van der Waals surface area contributed by atoms with Crippen LogP contribution in [0.3, 0.4) is 0 Å². The minimum absolute atomic E-state index is 0.160. The summed E-state index contributed by atoms with van der Waals surface area (Å²) in [5, 5.41) is 0. The SMILES string of the molecule is CN1CCC[C@@H](CN(CCc2ccccc2)C(=O)Cc2nc3ccccc3[nH]2)C1. The molecule has 0 unspecified atom stereocenters. The molecule has 0 spiro atoms. The molecule has 1 amide bonds. The lowest BCUT2D eigenvalue weighted by atomic mass is 9.97. The maximum Gasteiger partial charge on any atom is 0.230 e. The van der Waals surface area contributed by atoms with Gasteiger partial charge in [0.2, 0.25) is 5.91 Å². The average molecular weight is 391 g/mol. The van der Waals surface area contributed by atoms with Gasteiger partial charge in [-0.3, -0.25) is 4.79 Å². The number of fused-ring (bicyclic) bond motifs is 1. The van der Waals surface area contributed by atoms with Gasteiger partial charge in [-0.1, -0.05) is 42.5 Å². The van der Waals surface area contributed by atoms with Gasteiger partial charge < -0.3 is 14.8 Å². The van der Waals surface area contributed by atoms with Gasteiger partial charge >= 0.3 is 0 Å². The Balaban J connectivity index is 1.45. The zero-order valence-corrected chi connectivity index (χ0v) is 17.2. The van der Waals surface area contributed by atoms with Crippen molar-refractivity contribution in [3.8, 4) is 0 Å². The Morgan fingerprint density at radius 1 is 1.17 bits per heavy atom. The summed E-state index contributed by atoms with van der Waals surface area (Å²) >= 11 is 0. The highest BCUT2D eigenvalue weighted by atomic mass is 16.2. The molecule has 2 aromatic carbocycles. The number of benzene rings is 2. The number of H-pyrrole nitrogens is 1. The molecule has 0 aliphatic carbocycles. The Hall–Kier alpha value is -2.66. The largest absolute Gasteiger partial charge is 0.342 e. The fourth-order valence-corrected chi connectivity index (χ4v) is 4.30. The first kappa shape index (κ1) is 19.6. The lowest BCUT2D eigenvalue weighted by Crippen LogP contribution is -2.43. The number of rotatable bonds is 7. The number of likely N-dealkylation sites (tertiary alicyclic amines) is 1. The fraction of sp³-hybridized carbons (Fsp3) is 0.417. The molecule has 0 radical (unpaired) electrons. The van der Waals surface area contributed by atoms with Crippen LogP contribution in [-0.4, -0.2) is 58.9 Å². The number of hydrogen-bond acceptors (Lipinski definition) is 3. The molecule has 2 heterocycles. The molecule has 1 saturated heterocycles. The molecular weight excluding hydrogens is 360 g/mol. The Morgan fingerprint density at radius 2 is 1.97 bits per heavy atom. The van der Waals surface area contributed by atoms with Crippen LogP contribution < -0.4 is 0 Å². The van der Waals surface area contributed by atoms with Crippen molar-refractivity contribution in [3.05, 3.63) is 66.0 Å². The molecule has 5 heteroatoms. The summed E-state index contributed by atoms with van der Waals surface area (Å²) in [6.07, 6.45) is 3.62. The number of carbonyl (C=O) groups excluding carboxylic acids is 1. The molecule has 1 atom stereocenters. The van der Waals surface area contributed by atoms with Crippen LogP contribution in [0.4, 0.5) is 0 Å². The fourth-order valence-electron chi connectivity index (χ4n) is 4.30. The second kappa shape index (κ2) is 9.23. The van der Waals surface area contributed by atoms with Crippen molar-refractivity contribution in [3.63, 3.8) is 0 Å². The average Bonchev–Trinajstić information content (AvgIpc) is 3.14. The minimum atomic E-state index is 0.160. The van der Waals surface area contributed by atoms with E-state index in [1.807, 2.05) is 30.3 Å². The summed E-state index contributed by atoms with van der Waals surface area (Å²) in [6.45, 7) is 3.81. The van der Waals surface area contributed by atoms with Crippen LogP contribution >= 0.6 is 0 Å². The van der Waals surface area contributed by atoms with Gasteiger partial charge in [0.05, 0.1) is 17.5 Å². The third-order valence-electron chi connectivity index (χ3n) is 5.82. The zero-order valence-electron chi connectivity index (χ0n) is 17.2. The first-order valence-corrected chi connectivity index (χ1v) is 10.6. The van der Waals surface area contributed by atoms with E-state index in [1.54, 1.807) is 0 Å². The highest BCUT2D eigenvalue weighted by molar-refractivity contribution is 5.80. The van der Waals surface area contributed by atoms with Crippen molar-refractivity contribution >= 4 is 16.9 Å². The highest BCUT2D eigenvalue weighted by Crippen LogP contribution is 2.18. The lowest BCUT2D eigenvalue weighted by molar-refractivity contribution is -0.131. The first-order chi connectivity index (χ1) is 14.2. The van der Waals surface area contributed by atoms with Gasteiger partial charge in [0.25, 0.3) is 0 Å². The number of amides is 1. The summed E-state index contributed by atoms with van der Waals surface area (Å²) in [7, 11) is 2.18. The summed E-state index contributed by atoms with van der Waals surface area (Å²) in [5.41, 5.74) is 3.18. The standard InChI is InChI=1S/C24H30N4O/c1-27-14-7-10-20(17-27)18-28(15-13-19-8-3-2-4-9-19)24(29)16-23-25-21-11-5-6-12-22(21)26-23/h2-6,8-9,11-12,20H,7,10,13-18H2,1H3,(H,25,26)/t20-/m1/s1. The van der Waals surface area contributed by atoms with E-state index in [1.165, 1.54) is 18.4 Å². The molecule has 1 aliphatic heterocycles. The van der Waals surface area contributed by atoms with Gasteiger partial charge in [-0.2, -0.15) is 0 Å². The number of piperidine rings is 1. The summed E-state index contributed by atoms with van der Waals surface area (Å²) < 4.78 is 0. The number of aromatic nitrogens is 2. The van der Waals surface area contributed by atoms with E-state index in [-0.39, 0.29) is 5.91 Å². The van der Waals surface area contributed by atoms with E-state index < -0.39 is 0 Å². The molecule has 1 N–H and O–H groups in total. The molecular formula is C24H30N4O. The van der Waals surface area contributed by atoms with E-state index >= 15 is 0 Å². The topological polar surface area (TPSA) is 52.2 Å². The molecule has 152 valence electrons. The number of aromatic amines is 1. The van der Waals surface area contributed by atoms with Gasteiger partial charge in [0.15, 0.2) is 0 Å². The molecule has 1 fully saturated rings. The number of carbonyl (C=O) groups is 1. The van der Waals surface area contributed by atoms with E-state index in [4.69, 9.17) is 0 Å². The normalized spacial score (nSPS) is 17.5. The predicted octanol–water partition coefficient (Wildman–Crippen LogP) is 3.52. The van der Waals surface area contributed by atoms with Crippen molar-refractivity contribution < 1.29 is 4.79 Å². The van der Waals surface area contributed by atoms with E-state index in [9.17, 15) is 4.79 Å². The first-order valence-electron chi connectivity index (χ1n) is 10.6. The van der Waals surface area contributed by atoms with Gasteiger partial charge in [-0.25, -0.2) is 4.98 Å². The van der Waals surface area contributed by atoms with Gasteiger partial charge in [-0.15, -0.1) is 0 Å². The molecule has 5 nitrogen and oxygen atoms in total. The van der Waals surface area contributed by atoms with Gasteiger partial charge in [0, 0.05) is 19.6 Å². The van der Waals surface area contributed by atoms with Crippen molar-refractivity contribution in [1.82, 2.24) is 19.8 Å². The molecule has 0 saturated carbocycles. The molecule has 0 bridgehead atoms. The third kappa shape index (κ3) is 5.24. The Bertz CT molecular complexity index is 903. The summed E-state index contributed by atoms with van der Waals surface area (Å²) in [4.78, 5) is 25.6. The van der Waals surface area contributed by atoms with Crippen LogP contribution in [0.25, 0.3) is 11.0 Å². The quantitative estimate of drug-likeness (QED) is 0.672. The van der Waals surface area contributed by atoms with Crippen LogP contribution in [0.2, 0.25) is 0 Å². The maximum absolute atomic E-state index is 13.2. The van der Waals surface area contributed by atoms with Crippen LogP contribution in [0.1, 0.15) is 24.2 Å². The Kier molecular flexibility index (Phi) is 6.25. The van der Waals surface area contributed by atoms with Crippen molar-refractivity contribution in [1.29, 1.82) is 0 Å². The van der Waals surface area contributed by atoms with E-state index in [0.717, 1.165) is 49.5 Å². The highest BCUT2D eigenvalue weighted by Gasteiger charge is 2.23. The van der Waals surface area contributed by atoms with Crippen LogP contribution in [-0.2, 0) is 17.6 Å². The van der Waals surface area contributed by atoms with E-state index in [2.05, 4.69) is 51.1 Å². The summed E-state index contributed by atoms with van der Waals surface area (Å²) in [5.74, 6) is 1.46. The van der Waals surface area contributed by atoms with Gasteiger partial charge in [0.1, 0.15) is 5.82 Å². The van der Waals surface area contributed by atoms with Crippen molar-refractivity contribution in [2.75, 3.05) is 33.2 Å². The number of hydrogen-bond donors (Lipinski definition) is 1. The molecule has 4 rings (SSSR count). The Labute approximate surface area is 172 Å². The van der Waals surface area contributed by atoms with E-state index in [0.29, 0.717) is 12.3 Å². The van der Waals surface area contributed by atoms with Crippen molar-refractivity contribution in [2.24, 2.45) is 5.92 Å². The second-order valence-electron chi connectivity index (χ2n) is 8.22. The monoisotopic (exact) mass is 390 g/mol. The third-order valence-corrected chi connectivity index (χ3v) is 5.82. The van der Waals surface area contributed by atoms with Crippen molar-refractivity contribution in [2.45, 2.75) is 25.7 Å². The molecule has 1 aromatic heterocycles. The lowest BCUT2D eigenvalue weighted by Gasteiger charge is -2.34. The zero-order chi connectivity index (χ0) is 20.1. The van der Waals surface area contributed by atoms with Crippen LogP contribution in [0.15, 0.2) is 54.6 Å². The number of nitrogens with one attached hydrogen (secondary N) is 1. The second-order valence-corrected chi connectivity index (χ2v) is 8.22. The van der Waals surface area contributed by atoms with Gasteiger partial charge in [-0.05, 0) is 56.5 Å². The number of imidazole rings is 1. The smallest absolute Gasteiger partial charge is 0.230 e. The molecule has 1 aliphatic rings. The number of nitrogens with zero attached hydrogens (tertiary/aromatic N) is 3. The summed E-state index contributed by atoms with van der Waals surface area (Å²) in [6, 6.07) is 18.4. The number of para-hydroxylation sites is 2. The Morgan fingerprint density at radius 3 is 2.76 bits per heavy atom. The minimum Gasteiger partial charge on any atom is -0.342 e. The van der Waals surface area contributed by atoms with Crippen LogP contribution in [0, 0.1) is 5.92 Å². The molecule has 3 aromatic rings. The molecule has 29 heavy (non-hydrogen) atoms. The maximum atomic E-state index is 13.2. The van der Waals surface area contributed by atoms with Crippen LogP contribution in [0.5, 0.6) is 0 Å². The predicted molar refractivity (Wildman–Crippen MR) is 117 cm³/mol.